The molecule has 35 heavy (non-hydrogen) atoms. The first-order valence-corrected chi connectivity index (χ1v) is 11.3. The van der Waals surface area contributed by atoms with E-state index in [9.17, 15) is 22.8 Å². The summed E-state index contributed by atoms with van der Waals surface area (Å²) in [6.07, 6.45) is -4.99. The van der Waals surface area contributed by atoms with Gasteiger partial charge in [-0.15, -0.1) is 0 Å². The Kier molecular flexibility index (Phi) is 8.55. The Morgan fingerprint density at radius 1 is 1.29 bits per heavy atom. The summed E-state index contributed by atoms with van der Waals surface area (Å²) in [6.45, 7) is 2.83. The normalized spacial score (nSPS) is 18.3. The molecule has 2 heterocycles. The number of nitrogens with zero attached hydrogens (tertiary/aromatic N) is 1. The van der Waals surface area contributed by atoms with Crippen molar-refractivity contribution < 1.29 is 31.9 Å². The fraction of sp³-hybridized carbons (Fsp3) is 0.435. The van der Waals surface area contributed by atoms with Crippen molar-refractivity contribution in [2.45, 2.75) is 51.6 Å². The Balaban J connectivity index is 1.74. The molecule has 0 bridgehead atoms. The van der Waals surface area contributed by atoms with Crippen LogP contribution >= 0.6 is 11.6 Å². The molecule has 0 radical (unpaired) electrons. The smallest absolute Gasteiger partial charge is 0.392 e. The lowest BCUT2D eigenvalue weighted by Gasteiger charge is -2.33. The summed E-state index contributed by atoms with van der Waals surface area (Å²) in [5.41, 5.74) is 0.796. The van der Waals surface area contributed by atoms with Crippen LogP contribution in [0.3, 0.4) is 0 Å². The van der Waals surface area contributed by atoms with Crippen LogP contribution in [0.1, 0.15) is 55.6 Å². The molecule has 0 saturated carbocycles. The maximum Gasteiger partial charge on any atom is 0.392 e. The summed E-state index contributed by atoms with van der Waals surface area (Å²) in [7, 11) is 0. The number of carbonyl (C=O) groups excluding carboxylic acids is 2. The summed E-state index contributed by atoms with van der Waals surface area (Å²) in [4.78, 5) is 28.3. The Bertz CT molecular complexity index is 1060. The summed E-state index contributed by atoms with van der Waals surface area (Å²) < 4.78 is 57.2. The molecule has 2 aromatic rings. The molecular formula is C23H25ClF4N4O3. The zero-order valence-corrected chi connectivity index (χ0v) is 19.8. The number of hydrogen-bond donors (Lipinski definition) is 3. The maximum atomic E-state index is 15.3. The predicted octanol–water partition coefficient (Wildman–Crippen LogP) is 4.33. The first kappa shape index (κ1) is 26.7. The predicted molar refractivity (Wildman–Crippen MR) is 120 cm³/mol. The number of alkyl halides is 3. The van der Waals surface area contributed by atoms with Gasteiger partial charge in [-0.1, -0.05) is 37.6 Å². The molecule has 1 aromatic heterocycles. The van der Waals surface area contributed by atoms with Crippen molar-refractivity contribution in [3.63, 3.8) is 0 Å². The third-order valence-electron chi connectivity index (χ3n) is 5.33. The molecule has 2 atom stereocenters. The molecule has 1 aliphatic heterocycles. The third kappa shape index (κ3) is 7.28. The van der Waals surface area contributed by atoms with Gasteiger partial charge in [0.15, 0.2) is 0 Å². The zero-order valence-electron chi connectivity index (χ0n) is 19.0. The number of nitrogens with one attached hydrogen (secondary N) is 3. The zero-order chi connectivity index (χ0) is 25.8. The Morgan fingerprint density at radius 2 is 2.03 bits per heavy atom. The monoisotopic (exact) mass is 516 g/mol. The molecule has 1 aliphatic rings. The van der Waals surface area contributed by atoms with E-state index >= 15 is 4.39 Å². The van der Waals surface area contributed by atoms with Gasteiger partial charge in [0, 0.05) is 48.3 Å². The molecular weight excluding hydrogens is 492 g/mol. The van der Waals surface area contributed by atoms with E-state index in [-0.39, 0.29) is 52.7 Å². The molecule has 12 heteroatoms. The lowest BCUT2D eigenvalue weighted by molar-refractivity contribution is -0.139. The highest BCUT2D eigenvalue weighted by molar-refractivity contribution is 6.31. The van der Waals surface area contributed by atoms with E-state index in [0.29, 0.717) is 5.56 Å². The number of hydrogen-bond acceptors (Lipinski definition) is 5. The number of rotatable bonds is 8. The fourth-order valence-corrected chi connectivity index (χ4v) is 3.69. The van der Waals surface area contributed by atoms with Crippen molar-refractivity contribution in [3.8, 4) is 5.88 Å². The molecule has 190 valence electrons. The van der Waals surface area contributed by atoms with Gasteiger partial charge in [0.25, 0.3) is 0 Å². The molecule has 1 saturated heterocycles. The van der Waals surface area contributed by atoms with E-state index in [0.717, 1.165) is 0 Å². The number of halogens is 5. The van der Waals surface area contributed by atoms with E-state index in [1.54, 1.807) is 19.9 Å². The lowest BCUT2D eigenvalue weighted by Crippen LogP contribution is -2.47. The van der Waals surface area contributed by atoms with E-state index in [4.69, 9.17) is 16.3 Å². The molecule has 1 fully saturated rings. The molecule has 2 amide bonds. The lowest BCUT2D eigenvalue weighted by atomic mass is 9.99. The molecule has 3 N–H and O–H groups in total. The second-order valence-corrected chi connectivity index (χ2v) is 8.78. The summed E-state index contributed by atoms with van der Waals surface area (Å²) in [5, 5.41) is 8.52. The number of aromatic nitrogens is 1. The largest absolute Gasteiger partial charge is 0.477 e. The topological polar surface area (TPSA) is 92.4 Å². The van der Waals surface area contributed by atoms with Gasteiger partial charge in [-0.2, -0.15) is 13.2 Å². The van der Waals surface area contributed by atoms with E-state index in [2.05, 4.69) is 20.9 Å². The molecule has 0 aliphatic carbocycles. The van der Waals surface area contributed by atoms with Gasteiger partial charge in [0.05, 0.1) is 18.1 Å². The highest BCUT2D eigenvalue weighted by Gasteiger charge is 2.32. The van der Waals surface area contributed by atoms with Crippen LogP contribution < -0.4 is 20.7 Å². The van der Waals surface area contributed by atoms with Gasteiger partial charge in [-0.25, -0.2) is 9.37 Å². The highest BCUT2D eigenvalue weighted by Crippen LogP contribution is 2.32. The second kappa shape index (κ2) is 11.2. The molecule has 0 spiro atoms. The van der Waals surface area contributed by atoms with Crippen molar-refractivity contribution in [1.29, 1.82) is 0 Å². The minimum Gasteiger partial charge on any atom is -0.477 e. The van der Waals surface area contributed by atoms with Gasteiger partial charge in [-0.05, 0) is 11.6 Å². The van der Waals surface area contributed by atoms with Crippen LogP contribution in [0.15, 0.2) is 30.5 Å². The van der Waals surface area contributed by atoms with Crippen LogP contribution in [-0.2, 0) is 16.1 Å². The first-order chi connectivity index (χ1) is 16.4. The quantitative estimate of drug-likeness (QED) is 0.454. The number of carbonyl (C=O) groups is 2. The Morgan fingerprint density at radius 3 is 2.66 bits per heavy atom. The van der Waals surface area contributed by atoms with Crippen LogP contribution in [0.2, 0.25) is 5.02 Å². The number of benzene rings is 1. The average molecular weight is 517 g/mol. The molecule has 7 nitrogen and oxygen atoms in total. The van der Waals surface area contributed by atoms with Gasteiger partial charge in [-0.3, -0.25) is 14.9 Å². The summed E-state index contributed by atoms with van der Waals surface area (Å²) >= 11 is 6.26. The van der Waals surface area contributed by atoms with Gasteiger partial charge < -0.3 is 15.4 Å². The van der Waals surface area contributed by atoms with Gasteiger partial charge in [0.1, 0.15) is 12.0 Å². The van der Waals surface area contributed by atoms with E-state index < -0.39 is 37.2 Å². The standard InChI is InChI=1S/C23H25ClF4N4O3/c1-12(2)22(34)30-11-14-3-5-15(24)19(20(14)25)21-31-16(9-17(33)32-21)13-4-6-18(29-10-13)35-8-7-23(26,27)28/h3-6,10,12,16,21,31H,7-9,11H2,1-2H3,(H,30,34)(H,32,33). The SMILES string of the molecule is CC(C)C(=O)NCc1ccc(Cl)c(C2NC(=O)CC(c3ccc(OCCC(F)(F)F)nc3)N2)c1F. The molecule has 3 rings (SSSR count). The van der Waals surface area contributed by atoms with Crippen LogP contribution in [0.5, 0.6) is 5.88 Å². The number of pyridine rings is 1. The van der Waals surface area contributed by atoms with Crippen molar-refractivity contribution in [1.82, 2.24) is 20.9 Å². The summed E-state index contributed by atoms with van der Waals surface area (Å²) in [5.74, 6) is -1.51. The van der Waals surface area contributed by atoms with Crippen LogP contribution in [0.25, 0.3) is 0 Å². The van der Waals surface area contributed by atoms with Crippen molar-refractivity contribution >= 4 is 23.4 Å². The van der Waals surface area contributed by atoms with E-state index in [1.165, 1.54) is 24.4 Å². The average Bonchev–Trinajstić information content (AvgIpc) is 2.77. The number of ether oxygens (including phenoxy) is 1. The highest BCUT2D eigenvalue weighted by atomic mass is 35.5. The van der Waals surface area contributed by atoms with Crippen molar-refractivity contribution in [3.05, 3.63) is 58.0 Å². The fourth-order valence-electron chi connectivity index (χ4n) is 3.43. The van der Waals surface area contributed by atoms with Gasteiger partial charge >= 0.3 is 6.18 Å². The Labute approximate surface area is 204 Å². The minimum absolute atomic E-state index is 0.0139. The molecule has 1 aromatic carbocycles. The van der Waals surface area contributed by atoms with Crippen LogP contribution in [0, 0.1) is 11.7 Å². The third-order valence-corrected chi connectivity index (χ3v) is 5.66. The van der Waals surface area contributed by atoms with Crippen LogP contribution in [0.4, 0.5) is 17.6 Å². The number of amides is 2. The van der Waals surface area contributed by atoms with Crippen LogP contribution in [-0.4, -0.2) is 29.6 Å². The van der Waals surface area contributed by atoms with Crippen molar-refractivity contribution in [2.24, 2.45) is 5.92 Å². The molecule has 2 unspecified atom stereocenters. The van der Waals surface area contributed by atoms with E-state index in [1.807, 2.05) is 0 Å². The first-order valence-electron chi connectivity index (χ1n) is 10.9. The van der Waals surface area contributed by atoms with Crippen molar-refractivity contribution in [2.75, 3.05) is 6.61 Å². The minimum atomic E-state index is -4.33. The summed E-state index contributed by atoms with van der Waals surface area (Å²) in [6, 6.07) is 5.36. The maximum absolute atomic E-state index is 15.3. The Hall–Kier alpha value is -2.92. The van der Waals surface area contributed by atoms with Gasteiger partial charge in [0.2, 0.25) is 17.7 Å². The second-order valence-electron chi connectivity index (χ2n) is 8.37.